The molecule has 3 aromatic rings. The van der Waals surface area contributed by atoms with Crippen molar-refractivity contribution in [1.29, 1.82) is 0 Å². The van der Waals surface area contributed by atoms with Crippen LogP contribution in [0.1, 0.15) is 5.69 Å². The minimum atomic E-state index is -0.315. The zero-order valence-corrected chi connectivity index (χ0v) is 9.13. The molecule has 0 N–H and O–H groups in total. The Morgan fingerprint density at radius 1 is 1.18 bits per heavy atom. The van der Waals surface area contributed by atoms with Crippen LogP contribution < -0.4 is 0 Å². The topological polar surface area (TPSA) is 43.1 Å². The standard InChI is InChI=1S/C12H9FN4/c1-8-4-5-14-12(16-8)10-6-15-11-3-2-9(13)7-17(10)11/h2-7H,1H3. The van der Waals surface area contributed by atoms with Crippen molar-refractivity contribution in [3.63, 3.8) is 0 Å². The largest absolute Gasteiger partial charge is 0.294 e. The van der Waals surface area contributed by atoms with Gasteiger partial charge in [0.15, 0.2) is 5.82 Å². The SMILES string of the molecule is Cc1ccnc(-c2cnc3ccc(F)cn23)n1. The number of pyridine rings is 1. The lowest BCUT2D eigenvalue weighted by molar-refractivity contribution is 0.619. The number of imidazole rings is 1. The van der Waals surface area contributed by atoms with Crippen LogP contribution in [0.3, 0.4) is 0 Å². The summed E-state index contributed by atoms with van der Waals surface area (Å²) in [4.78, 5) is 12.7. The highest BCUT2D eigenvalue weighted by atomic mass is 19.1. The fourth-order valence-electron chi connectivity index (χ4n) is 1.69. The Bertz CT molecular complexity index is 690. The molecule has 0 aliphatic heterocycles. The molecule has 0 radical (unpaired) electrons. The number of nitrogens with zero attached hydrogens (tertiary/aromatic N) is 4. The Labute approximate surface area is 96.8 Å². The van der Waals surface area contributed by atoms with Gasteiger partial charge in [0.25, 0.3) is 0 Å². The number of hydrogen-bond donors (Lipinski definition) is 0. The van der Waals surface area contributed by atoms with E-state index in [2.05, 4.69) is 15.0 Å². The van der Waals surface area contributed by atoms with Gasteiger partial charge in [0.2, 0.25) is 0 Å². The van der Waals surface area contributed by atoms with Crippen molar-refractivity contribution in [2.24, 2.45) is 0 Å². The molecule has 0 saturated carbocycles. The van der Waals surface area contributed by atoms with Crippen LogP contribution >= 0.6 is 0 Å². The number of fused-ring (bicyclic) bond motifs is 1. The van der Waals surface area contributed by atoms with Crippen LogP contribution in [0.4, 0.5) is 4.39 Å². The summed E-state index contributed by atoms with van der Waals surface area (Å²) in [5.74, 6) is 0.229. The van der Waals surface area contributed by atoms with E-state index < -0.39 is 0 Å². The second-order valence-corrected chi connectivity index (χ2v) is 3.74. The first kappa shape index (κ1) is 9.89. The van der Waals surface area contributed by atoms with Crippen molar-refractivity contribution < 1.29 is 4.39 Å². The first-order valence-corrected chi connectivity index (χ1v) is 5.17. The Morgan fingerprint density at radius 2 is 2.06 bits per heavy atom. The van der Waals surface area contributed by atoms with Gasteiger partial charge in [-0.2, -0.15) is 0 Å². The summed E-state index contributed by atoms with van der Waals surface area (Å²) in [6.45, 7) is 1.88. The Balaban J connectivity index is 2.27. The molecule has 0 unspecified atom stereocenters. The summed E-state index contributed by atoms with van der Waals surface area (Å²) in [5, 5.41) is 0. The summed E-state index contributed by atoms with van der Waals surface area (Å²) < 4.78 is 14.8. The van der Waals surface area contributed by atoms with Crippen LogP contribution in [-0.4, -0.2) is 19.4 Å². The molecular weight excluding hydrogens is 219 g/mol. The number of aromatic nitrogens is 4. The maximum absolute atomic E-state index is 13.2. The lowest BCUT2D eigenvalue weighted by Crippen LogP contribution is -1.95. The van der Waals surface area contributed by atoms with Crippen molar-refractivity contribution in [2.75, 3.05) is 0 Å². The van der Waals surface area contributed by atoms with Crippen molar-refractivity contribution >= 4 is 5.65 Å². The minimum absolute atomic E-state index is 0.315. The highest BCUT2D eigenvalue weighted by Crippen LogP contribution is 2.17. The number of halogens is 1. The van der Waals surface area contributed by atoms with Crippen LogP contribution in [0, 0.1) is 12.7 Å². The molecule has 3 rings (SSSR count). The third-order valence-electron chi connectivity index (χ3n) is 2.49. The van der Waals surface area contributed by atoms with E-state index in [4.69, 9.17) is 0 Å². The summed E-state index contributed by atoms with van der Waals surface area (Å²) in [5.41, 5.74) is 2.22. The van der Waals surface area contributed by atoms with Crippen molar-refractivity contribution in [3.8, 4) is 11.5 Å². The van der Waals surface area contributed by atoms with E-state index in [0.717, 1.165) is 5.69 Å². The van der Waals surface area contributed by atoms with Gasteiger partial charge in [0, 0.05) is 18.1 Å². The highest BCUT2D eigenvalue weighted by Gasteiger charge is 2.08. The fraction of sp³-hybridized carbons (Fsp3) is 0.0833. The van der Waals surface area contributed by atoms with Gasteiger partial charge in [-0.05, 0) is 25.1 Å². The lowest BCUT2D eigenvalue weighted by Gasteiger charge is -2.01. The van der Waals surface area contributed by atoms with E-state index in [1.807, 2.05) is 13.0 Å². The zero-order chi connectivity index (χ0) is 11.8. The Kier molecular flexibility index (Phi) is 2.11. The van der Waals surface area contributed by atoms with Crippen molar-refractivity contribution in [3.05, 3.63) is 48.3 Å². The van der Waals surface area contributed by atoms with Crippen molar-refractivity contribution in [2.45, 2.75) is 6.92 Å². The van der Waals surface area contributed by atoms with Crippen LogP contribution in [0.2, 0.25) is 0 Å². The molecule has 5 heteroatoms. The second kappa shape index (κ2) is 3.62. The highest BCUT2D eigenvalue weighted by molar-refractivity contribution is 5.56. The van der Waals surface area contributed by atoms with E-state index >= 15 is 0 Å². The quantitative estimate of drug-likeness (QED) is 0.641. The maximum Gasteiger partial charge on any atom is 0.178 e. The minimum Gasteiger partial charge on any atom is -0.294 e. The maximum atomic E-state index is 13.2. The smallest absolute Gasteiger partial charge is 0.178 e. The average Bonchev–Trinajstić information content (AvgIpc) is 2.71. The van der Waals surface area contributed by atoms with Gasteiger partial charge in [0.1, 0.15) is 17.2 Å². The van der Waals surface area contributed by atoms with Gasteiger partial charge >= 0.3 is 0 Å². The van der Waals surface area contributed by atoms with E-state index in [1.165, 1.54) is 12.3 Å². The fourth-order valence-corrected chi connectivity index (χ4v) is 1.69. The zero-order valence-electron chi connectivity index (χ0n) is 9.13. The van der Waals surface area contributed by atoms with Crippen LogP contribution in [-0.2, 0) is 0 Å². The second-order valence-electron chi connectivity index (χ2n) is 3.74. The Morgan fingerprint density at radius 3 is 2.88 bits per heavy atom. The van der Waals surface area contributed by atoms with Gasteiger partial charge in [-0.25, -0.2) is 19.3 Å². The monoisotopic (exact) mass is 228 g/mol. The van der Waals surface area contributed by atoms with E-state index in [9.17, 15) is 4.39 Å². The van der Waals surface area contributed by atoms with Crippen molar-refractivity contribution in [1.82, 2.24) is 19.4 Å². The van der Waals surface area contributed by atoms with Gasteiger partial charge in [-0.15, -0.1) is 0 Å². The van der Waals surface area contributed by atoms with Gasteiger partial charge in [0.05, 0.1) is 6.20 Å². The molecule has 3 heterocycles. The first-order chi connectivity index (χ1) is 8.24. The first-order valence-electron chi connectivity index (χ1n) is 5.17. The summed E-state index contributed by atoms with van der Waals surface area (Å²) >= 11 is 0. The molecule has 0 spiro atoms. The molecular formula is C12H9FN4. The van der Waals surface area contributed by atoms with Crippen LogP contribution in [0.5, 0.6) is 0 Å². The van der Waals surface area contributed by atoms with Gasteiger partial charge in [-0.1, -0.05) is 0 Å². The molecule has 0 aliphatic carbocycles. The Hall–Kier alpha value is -2.30. The molecule has 0 amide bonds. The van der Waals surface area contributed by atoms with Crippen LogP contribution in [0.15, 0.2) is 36.8 Å². The number of aryl methyl sites for hydroxylation is 1. The van der Waals surface area contributed by atoms with Gasteiger partial charge < -0.3 is 0 Å². The third-order valence-corrected chi connectivity index (χ3v) is 2.49. The predicted octanol–water partition coefficient (Wildman–Crippen LogP) is 2.24. The summed E-state index contributed by atoms with van der Waals surface area (Å²) in [6.07, 6.45) is 4.70. The third kappa shape index (κ3) is 1.65. The molecule has 0 aromatic carbocycles. The molecule has 3 aromatic heterocycles. The van der Waals surface area contributed by atoms with Crippen LogP contribution in [0.25, 0.3) is 17.2 Å². The molecule has 0 aliphatic rings. The van der Waals surface area contributed by atoms with Gasteiger partial charge in [-0.3, -0.25) is 4.40 Å². The predicted molar refractivity (Wildman–Crippen MR) is 60.9 cm³/mol. The van der Waals surface area contributed by atoms with E-state index in [0.29, 0.717) is 17.2 Å². The molecule has 0 saturated heterocycles. The molecule has 0 bridgehead atoms. The molecule has 0 fully saturated rings. The van der Waals surface area contributed by atoms with E-state index in [1.54, 1.807) is 22.9 Å². The molecule has 0 atom stereocenters. The molecule has 17 heavy (non-hydrogen) atoms. The normalized spacial score (nSPS) is 10.9. The summed E-state index contributed by atoms with van der Waals surface area (Å²) in [6, 6.07) is 4.81. The number of rotatable bonds is 1. The summed E-state index contributed by atoms with van der Waals surface area (Å²) in [7, 11) is 0. The lowest BCUT2D eigenvalue weighted by atomic mass is 10.4. The molecule has 4 nitrogen and oxygen atoms in total. The number of hydrogen-bond acceptors (Lipinski definition) is 3. The molecule has 84 valence electrons. The van der Waals surface area contributed by atoms with E-state index in [-0.39, 0.29) is 5.82 Å². The average molecular weight is 228 g/mol.